The van der Waals surface area contributed by atoms with Crippen LogP contribution < -0.4 is 5.32 Å². The van der Waals surface area contributed by atoms with Gasteiger partial charge in [0.1, 0.15) is 11.5 Å². The molecule has 0 saturated carbocycles. The van der Waals surface area contributed by atoms with Crippen molar-refractivity contribution in [1.29, 1.82) is 0 Å². The SMILES string of the molecule is O=C(Nc1ccc(F)cc1Cl)C1=NN([C@@H]2CCS(=O)(=O)C2)C(=O)CC1. The van der Waals surface area contributed by atoms with E-state index in [9.17, 15) is 22.4 Å². The Labute approximate surface area is 148 Å². The summed E-state index contributed by atoms with van der Waals surface area (Å²) in [5, 5.41) is 7.73. The number of carbonyl (C=O) groups is 2. The summed E-state index contributed by atoms with van der Waals surface area (Å²) in [6, 6.07) is 3.00. The Kier molecular flexibility index (Phi) is 4.79. The maximum absolute atomic E-state index is 13.1. The summed E-state index contributed by atoms with van der Waals surface area (Å²) in [6.45, 7) is 0. The van der Waals surface area contributed by atoms with E-state index in [0.717, 1.165) is 17.1 Å². The molecule has 1 N–H and O–H groups in total. The van der Waals surface area contributed by atoms with Gasteiger partial charge in [0.25, 0.3) is 5.91 Å². The van der Waals surface area contributed by atoms with Crippen molar-refractivity contribution in [2.24, 2.45) is 5.10 Å². The van der Waals surface area contributed by atoms with Crippen LogP contribution in [0.2, 0.25) is 5.02 Å². The van der Waals surface area contributed by atoms with Gasteiger partial charge in [-0.05, 0) is 24.6 Å². The normalized spacial score (nSPS) is 22.6. The second kappa shape index (κ2) is 6.72. The minimum absolute atomic E-state index is 0.00365. The first-order valence-corrected chi connectivity index (χ1v) is 9.81. The fraction of sp³-hybridized carbons (Fsp3) is 0.400. The Morgan fingerprint density at radius 2 is 2.12 bits per heavy atom. The molecule has 1 aromatic rings. The molecule has 3 rings (SSSR count). The number of hydrogen-bond donors (Lipinski definition) is 1. The predicted molar refractivity (Wildman–Crippen MR) is 90.6 cm³/mol. The van der Waals surface area contributed by atoms with E-state index in [0.29, 0.717) is 6.42 Å². The van der Waals surface area contributed by atoms with Crippen molar-refractivity contribution in [3.05, 3.63) is 29.0 Å². The van der Waals surface area contributed by atoms with Gasteiger partial charge in [-0.2, -0.15) is 5.10 Å². The smallest absolute Gasteiger partial charge is 0.271 e. The van der Waals surface area contributed by atoms with E-state index < -0.39 is 27.6 Å². The number of hydrazone groups is 1. The minimum atomic E-state index is -3.18. The van der Waals surface area contributed by atoms with Gasteiger partial charge in [-0.1, -0.05) is 11.6 Å². The lowest BCUT2D eigenvalue weighted by Gasteiger charge is -2.27. The highest BCUT2D eigenvalue weighted by atomic mass is 35.5. The second-order valence-corrected chi connectivity index (χ2v) is 8.56. The van der Waals surface area contributed by atoms with Gasteiger partial charge in [0, 0.05) is 12.8 Å². The average molecular weight is 388 g/mol. The highest BCUT2D eigenvalue weighted by Gasteiger charge is 2.37. The molecule has 2 amide bonds. The van der Waals surface area contributed by atoms with E-state index >= 15 is 0 Å². The fourth-order valence-corrected chi connectivity index (χ4v) is 4.68. The first-order valence-electron chi connectivity index (χ1n) is 7.61. The fourth-order valence-electron chi connectivity index (χ4n) is 2.77. The number of carbonyl (C=O) groups excluding carboxylic acids is 2. The van der Waals surface area contributed by atoms with Gasteiger partial charge >= 0.3 is 0 Å². The topological polar surface area (TPSA) is 95.9 Å². The van der Waals surface area contributed by atoms with Crippen molar-refractivity contribution in [3.8, 4) is 0 Å². The van der Waals surface area contributed by atoms with E-state index in [-0.39, 0.29) is 46.7 Å². The number of sulfone groups is 1. The van der Waals surface area contributed by atoms with Gasteiger partial charge in [0.15, 0.2) is 9.84 Å². The van der Waals surface area contributed by atoms with E-state index in [4.69, 9.17) is 11.6 Å². The standard InChI is InChI=1S/C15H15ClFN3O4S/c16-11-7-9(17)1-2-12(11)18-15(22)13-3-4-14(21)20(19-13)10-5-6-25(23,24)8-10/h1-2,7,10H,3-6,8H2,(H,18,22)/t10-/m1/s1. The Morgan fingerprint density at radius 3 is 2.76 bits per heavy atom. The number of benzene rings is 1. The molecule has 25 heavy (non-hydrogen) atoms. The zero-order valence-electron chi connectivity index (χ0n) is 13.0. The predicted octanol–water partition coefficient (Wildman–Crippen LogP) is 1.58. The monoisotopic (exact) mass is 387 g/mol. The number of rotatable bonds is 3. The molecule has 2 aliphatic heterocycles. The van der Waals surface area contributed by atoms with Crippen LogP contribution in [0.25, 0.3) is 0 Å². The summed E-state index contributed by atoms with van der Waals surface area (Å²) in [7, 11) is -3.18. The maximum atomic E-state index is 13.1. The lowest BCUT2D eigenvalue weighted by Crippen LogP contribution is -2.42. The number of nitrogens with zero attached hydrogens (tertiary/aromatic N) is 2. The highest BCUT2D eigenvalue weighted by molar-refractivity contribution is 7.91. The first kappa shape index (κ1) is 17.8. The quantitative estimate of drug-likeness (QED) is 0.851. The molecule has 1 atom stereocenters. The third kappa shape index (κ3) is 3.98. The lowest BCUT2D eigenvalue weighted by molar-refractivity contribution is -0.133. The van der Waals surface area contributed by atoms with Gasteiger partial charge in [-0.3, -0.25) is 9.59 Å². The molecule has 0 bridgehead atoms. The Bertz CT molecular complexity index is 872. The highest BCUT2D eigenvalue weighted by Crippen LogP contribution is 2.24. The van der Waals surface area contributed by atoms with Crippen LogP contribution in [0.1, 0.15) is 19.3 Å². The summed E-state index contributed by atoms with van der Waals surface area (Å²) in [6.07, 6.45) is 0.510. The van der Waals surface area contributed by atoms with E-state index in [1.54, 1.807) is 0 Å². The van der Waals surface area contributed by atoms with Gasteiger partial charge in [-0.15, -0.1) is 0 Å². The van der Waals surface area contributed by atoms with Gasteiger partial charge < -0.3 is 5.32 Å². The van der Waals surface area contributed by atoms with Crippen molar-refractivity contribution in [2.75, 3.05) is 16.8 Å². The lowest BCUT2D eigenvalue weighted by atomic mass is 10.1. The van der Waals surface area contributed by atoms with Gasteiger partial charge in [0.05, 0.1) is 28.3 Å². The van der Waals surface area contributed by atoms with Crippen LogP contribution in [0.15, 0.2) is 23.3 Å². The molecule has 0 radical (unpaired) electrons. The molecule has 2 aliphatic rings. The zero-order valence-corrected chi connectivity index (χ0v) is 14.6. The maximum Gasteiger partial charge on any atom is 0.271 e. The van der Waals surface area contributed by atoms with Crippen molar-refractivity contribution < 1.29 is 22.4 Å². The van der Waals surface area contributed by atoms with Crippen LogP contribution in [-0.2, 0) is 19.4 Å². The van der Waals surface area contributed by atoms with Crippen molar-refractivity contribution >= 4 is 44.7 Å². The zero-order chi connectivity index (χ0) is 18.2. The molecule has 0 aliphatic carbocycles. The molecule has 1 aromatic carbocycles. The van der Waals surface area contributed by atoms with E-state index in [1.807, 2.05) is 0 Å². The Hall–Kier alpha value is -2.00. The van der Waals surface area contributed by atoms with Crippen molar-refractivity contribution in [3.63, 3.8) is 0 Å². The van der Waals surface area contributed by atoms with E-state index in [2.05, 4.69) is 10.4 Å². The van der Waals surface area contributed by atoms with E-state index in [1.165, 1.54) is 6.07 Å². The van der Waals surface area contributed by atoms with Crippen molar-refractivity contribution in [2.45, 2.75) is 25.3 Å². The molecular weight excluding hydrogens is 373 g/mol. The third-order valence-corrected chi connectivity index (χ3v) is 6.12. The summed E-state index contributed by atoms with van der Waals surface area (Å²) < 4.78 is 36.3. The van der Waals surface area contributed by atoms with Crippen LogP contribution >= 0.6 is 11.6 Å². The van der Waals surface area contributed by atoms with Gasteiger partial charge in [0.2, 0.25) is 5.91 Å². The third-order valence-electron chi connectivity index (χ3n) is 4.06. The second-order valence-electron chi connectivity index (χ2n) is 5.92. The summed E-state index contributed by atoms with van der Waals surface area (Å²) in [4.78, 5) is 24.4. The number of nitrogens with one attached hydrogen (secondary N) is 1. The Balaban J connectivity index is 1.77. The molecule has 7 nitrogen and oxygen atoms in total. The summed E-state index contributed by atoms with van der Waals surface area (Å²) in [5.41, 5.74) is 0.326. The Morgan fingerprint density at radius 1 is 1.36 bits per heavy atom. The molecule has 1 saturated heterocycles. The van der Waals surface area contributed by atoms with Crippen LogP contribution in [-0.4, -0.2) is 48.5 Å². The molecule has 1 fully saturated rings. The molecule has 2 heterocycles. The number of amides is 2. The molecule has 0 unspecified atom stereocenters. The molecule has 10 heteroatoms. The van der Waals surface area contributed by atoms with Crippen LogP contribution in [0.5, 0.6) is 0 Å². The molecular formula is C15H15ClFN3O4S. The molecule has 134 valence electrons. The first-order chi connectivity index (χ1) is 11.7. The van der Waals surface area contributed by atoms with Crippen LogP contribution in [0.4, 0.5) is 10.1 Å². The van der Waals surface area contributed by atoms with Crippen molar-refractivity contribution in [1.82, 2.24) is 5.01 Å². The van der Waals surface area contributed by atoms with Crippen LogP contribution in [0.3, 0.4) is 0 Å². The average Bonchev–Trinajstić information content (AvgIpc) is 2.90. The number of hydrogen-bond acceptors (Lipinski definition) is 5. The van der Waals surface area contributed by atoms with Crippen LogP contribution in [0, 0.1) is 5.82 Å². The van der Waals surface area contributed by atoms with Gasteiger partial charge in [-0.25, -0.2) is 17.8 Å². The number of anilines is 1. The largest absolute Gasteiger partial charge is 0.320 e. The summed E-state index contributed by atoms with van der Waals surface area (Å²) in [5.74, 6) is -1.55. The minimum Gasteiger partial charge on any atom is -0.320 e. The molecule has 0 spiro atoms. The molecule has 0 aromatic heterocycles. The number of halogens is 2. The summed E-state index contributed by atoms with van der Waals surface area (Å²) >= 11 is 5.87.